The van der Waals surface area contributed by atoms with E-state index in [0.29, 0.717) is 11.5 Å². The van der Waals surface area contributed by atoms with Crippen molar-refractivity contribution < 1.29 is 22.7 Å². The summed E-state index contributed by atoms with van der Waals surface area (Å²) in [5.41, 5.74) is 0.258. The van der Waals surface area contributed by atoms with E-state index in [0.717, 1.165) is 17.0 Å². The number of hydrogen-bond donors (Lipinski definition) is 1. The molecule has 0 spiro atoms. The Morgan fingerprint density at radius 1 is 1.30 bits per heavy atom. The van der Waals surface area contributed by atoms with Gasteiger partial charge in [-0.15, -0.1) is 0 Å². The average Bonchev–Trinajstić information content (AvgIpc) is 2.50. The number of carbonyl (C=O) groups excluding carboxylic acids is 1. The van der Waals surface area contributed by atoms with E-state index >= 15 is 0 Å². The summed E-state index contributed by atoms with van der Waals surface area (Å²) in [5.74, 6) is 0.430. The molecule has 0 bridgehead atoms. The van der Waals surface area contributed by atoms with E-state index in [1.807, 2.05) is 13.8 Å². The number of nitrogens with zero attached hydrogens (tertiary/aromatic N) is 1. The van der Waals surface area contributed by atoms with Crippen LogP contribution in [0, 0.1) is 0 Å². The van der Waals surface area contributed by atoms with Gasteiger partial charge < -0.3 is 14.8 Å². The van der Waals surface area contributed by atoms with Crippen LogP contribution in [-0.4, -0.2) is 47.4 Å². The van der Waals surface area contributed by atoms with Gasteiger partial charge in [-0.2, -0.15) is 0 Å². The Morgan fingerprint density at radius 2 is 1.96 bits per heavy atom. The summed E-state index contributed by atoms with van der Waals surface area (Å²) >= 11 is 0. The molecule has 0 saturated heterocycles. The largest absolute Gasteiger partial charge is 0.497 e. The Hall–Kier alpha value is -1.96. The van der Waals surface area contributed by atoms with Gasteiger partial charge in [-0.25, -0.2) is 8.42 Å². The molecule has 1 rings (SSSR count). The Bertz CT molecular complexity index is 645. The number of benzene rings is 1. The molecule has 1 amide bonds. The van der Waals surface area contributed by atoms with Crippen LogP contribution in [0.4, 0.5) is 5.69 Å². The molecule has 0 radical (unpaired) electrons. The number of nitrogens with one attached hydrogen (secondary N) is 1. The van der Waals surface area contributed by atoms with Crippen molar-refractivity contribution >= 4 is 21.6 Å². The van der Waals surface area contributed by atoms with Crippen molar-refractivity contribution in [1.29, 1.82) is 0 Å². The van der Waals surface area contributed by atoms with E-state index in [4.69, 9.17) is 9.47 Å². The minimum absolute atomic E-state index is 0.0314. The molecule has 1 aromatic carbocycles. The lowest BCUT2D eigenvalue weighted by Crippen LogP contribution is -2.43. The smallest absolute Gasteiger partial charge is 0.240 e. The lowest BCUT2D eigenvalue weighted by atomic mass is 10.2. The third-order valence-corrected chi connectivity index (χ3v) is 4.49. The second-order valence-electron chi connectivity index (χ2n) is 5.18. The molecule has 0 aliphatic heterocycles. The van der Waals surface area contributed by atoms with Crippen LogP contribution in [0.25, 0.3) is 0 Å². The first-order valence-electron chi connectivity index (χ1n) is 7.22. The van der Waals surface area contributed by atoms with E-state index in [1.165, 1.54) is 20.3 Å². The van der Waals surface area contributed by atoms with E-state index in [9.17, 15) is 13.2 Å². The lowest BCUT2D eigenvalue weighted by molar-refractivity contribution is -0.120. The SMILES string of the molecule is CC[C@@H](C)NC(=O)CN(c1cc(OC)ccc1OC)S(C)(=O)=O. The van der Waals surface area contributed by atoms with E-state index < -0.39 is 10.0 Å². The highest BCUT2D eigenvalue weighted by molar-refractivity contribution is 7.92. The highest BCUT2D eigenvalue weighted by Gasteiger charge is 2.25. The predicted octanol–water partition coefficient (Wildman–Crippen LogP) is 1.38. The monoisotopic (exact) mass is 344 g/mol. The molecule has 1 aromatic rings. The summed E-state index contributed by atoms with van der Waals surface area (Å²) in [6.45, 7) is 3.46. The van der Waals surface area contributed by atoms with Crippen molar-refractivity contribution in [2.45, 2.75) is 26.3 Å². The average molecular weight is 344 g/mol. The molecule has 8 heteroatoms. The van der Waals surface area contributed by atoms with Crippen LogP contribution in [0.15, 0.2) is 18.2 Å². The standard InChI is InChI=1S/C15H24N2O5S/c1-6-11(2)16-15(18)10-17(23(5,19)20)13-9-12(21-3)7-8-14(13)22-4/h7-9,11H,6,10H2,1-5H3,(H,16,18)/t11-/m1/s1. The third kappa shape index (κ3) is 5.31. The first-order valence-corrected chi connectivity index (χ1v) is 9.06. The molecule has 0 saturated carbocycles. The van der Waals surface area contributed by atoms with Crippen LogP contribution in [0.2, 0.25) is 0 Å². The molecule has 7 nitrogen and oxygen atoms in total. The van der Waals surface area contributed by atoms with Gasteiger partial charge in [-0.05, 0) is 25.5 Å². The number of sulfonamides is 1. The molecule has 23 heavy (non-hydrogen) atoms. The number of hydrogen-bond acceptors (Lipinski definition) is 5. The molecule has 0 aliphatic rings. The van der Waals surface area contributed by atoms with E-state index in [-0.39, 0.29) is 24.2 Å². The normalized spacial score (nSPS) is 12.4. The summed E-state index contributed by atoms with van der Waals surface area (Å²) in [7, 11) is -0.762. The maximum absolute atomic E-state index is 12.1. The van der Waals surface area contributed by atoms with Crippen molar-refractivity contribution in [3.63, 3.8) is 0 Å². The van der Waals surface area contributed by atoms with Gasteiger partial charge in [0.15, 0.2) is 0 Å². The maximum Gasteiger partial charge on any atom is 0.240 e. The maximum atomic E-state index is 12.1. The van der Waals surface area contributed by atoms with Crippen molar-refractivity contribution in [3.8, 4) is 11.5 Å². The van der Waals surface area contributed by atoms with E-state index in [2.05, 4.69) is 5.32 Å². The summed E-state index contributed by atoms with van der Waals surface area (Å²) < 4.78 is 35.6. The zero-order valence-corrected chi connectivity index (χ0v) is 14.9. The number of anilines is 1. The number of amides is 1. The molecule has 1 atom stereocenters. The Kier molecular flexibility index (Phi) is 6.68. The van der Waals surface area contributed by atoms with Gasteiger partial charge in [0, 0.05) is 12.1 Å². The van der Waals surface area contributed by atoms with Gasteiger partial charge in [-0.3, -0.25) is 9.10 Å². The highest BCUT2D eigenvalue weighted by atomic mass is 32.2. The third-order valence-electron chi connectivity index (χ3n) is 3.36. The number of methoxy groups -OCH3 is 2. The zero-order chi connectivity index (χ0) is 17.6. The van der Waals surface area contributed by atoms with Crippen molar-refractivity contribution in [2.24, 2.45) is 0 Å². The van der Waals surface area contributed by atoms with Crippen LogP contribution >= 0.6 is 0 Å². The summed E-state index contributed by atoms with van der Waals surface area (Å²) in [6.07, 6.45) is 1.80. The fraction of sp³-hybridized carbons (Fsp3) is 0.533. The van der Waals surface area contributed by atoms with Crippen LogP contribution < -0.4 is 19.1 Å². The molecule has 130 valence electrons. The van der Waals surface area contributed by atoms with Crippen LogP contribution in [0.1, 0.15) is 20.3 Å². The van der Waals surface area contributed by atoms with Crippen molar-refractivity contribution in [3.05, 3.63) is 18.2 Å². The molecule has 0 aliphatic carbocycles. The Labute approximate surface area is 137 Å². The fourth-order valence-electron chi connectivity index (χ4n) is 1.93. The Balaban J connectivity index is 3.20. The summed E-state index contributed by atoms with van der Waals surface area (Å²) in [4.78, 5) is 12.1. The van der Waals surface area contributed by atoms with Gasteiger partial charge in [0.2, 0.25) is 15.9 Å². The molecular formula is C15H24N2O5S. The van der Waals surface area contributed by atoms with Gasteiger partial charge in [0.05, 0.1) is 26.2 Å². The van der Waals surface area contributed by atoms with Gasteiger partial charge in [0.1, 0.15) is 18.0 Å². The minimum atomic E-state index is -3.68. The zero-order valence-electron chi connectivity index (χ0n) is 14.1. The number of carbonyl (C=O) groups is 1. The van der Waals surface area contributed by atoms with Crippen molar-refractivity contribution in [2.75, 3.05) is 31.3 Å². The molecule has 0 heterocycles. The first kappa shape index (κ1) is 19.1. The van der Waals surface area contributed by atoms with Gasteiger partial charge >= 0.3 is 0 Å². The van der Waals surface area contributed by atoms with E-state index in [1.54, 1.807) is 12.1 Å². The van der Waals surface area contributed by atoms with Crippen LogP contribution in [0.5, 0.6) is 11.5 Å². The quantitative estimate of drug-likeness (QED) is 0.770. The lowest BCUT2D eigenvalue weighted by Gasteiger charge is -2.25. The van der Waals surface area contributed by atoms with Crippen LogP contribution in [-0.2, 0) is 14.8 Å². The topological polar surface area (TPSA) is 84.9 Å². The predicted molar refractivity (Wildman–Crippen MR) is 89.6 cm³/mol. The first-order chi connectivity index (χ1) is 10.7. The molecule has 0 fully saturated rings. The molecule has 1 N–H and O–H groups in total. The van der Waals surface area contributed by atoms with Crippen LogP contribution in [0.3, 0.4) is 0 Å². The number of ether oxygens (including phenoxy) is 2. The van der Waals surface area contributed by atoms with Crippen molar-refractivity contribution in [1.82, 2.24) is 5.32 Å². The van der Waals surface area contributed by atoms with Gasteiger partial charge in [-0.1, -0.05) is 6.92 Å². The van der Waals surface area contributed by atoms with Gasteiger partial charge in [0.25, 0.3) is 0 Å². The molecule has 0 unspecified atom stereocenters. The highest BCUT2D eigenvalue weighted by Crippen LogP contribution is 2.33. The molecule has 0 aromatic heterocycles. The Morgan fingerprint density at radius 3 is 2.43 bits per heavy atom. The fourth-order valence-corrected chi connectivity index (χ4v) is 2.78. The summed E-state index contributed by atoms with van der Waals surface area (Å²) in [5, 5.41) is 2.75. The second kappa shape index (κ2) is 8.05. The second-order valence-corrected chi connectivity index (χ2v) is 7.09. The summed E-state index contributed by atoms with van der Waals surface area (Å²) in [6, 6.07) is 4.74. The number of rotatable bonds is 8. The molecular weight excluding hydrogens is 320 g/mol. The minimum Gasteiger partial charge on any atom is -0.497 e.